The van der Waals surface area contributed by atoms with Crippen LogP contribution in [0.5, 0.6) is 0 Å². The highest BCUT2D eigenvalue weighted by atomic mass is 16.5. The van der Waals surface area contributed by atoms with Crippen LogP contribution in [0, 0.1) is 0 Å². The number of esters is 2. The van der Waals surface area contributed by atoms with E-state index in [1.165, 1.54) is 18.9 Å². The zero-order chi connectivity index (χ0) is 14.4. The molecule has 1 rings (SSSR count). The van der Waals surface area contributed by atoms with Gasteiger partial charge < -0.3 is 15.2 Å². The van der Waals surface area contributed by atoms with Gasteiger partial charge >= 0.3 is 11.9 Å². The number of primary amides is 1. The third-order valence-corrected chi connectivity index (χ3v) is 2.33. The van der Waals surface area contributed by atoms with E-state index in [4.69, 9.17) is 5.73 Å². The zero-order valence-corrected chi connectivity index (χ0v) is 10.6. The summed E-state index contributed by atoms with van der Waals surface area (Å²) in [6.07, 6.45) is -0.190. The van der Waals surface area contributed by atoms with Crippen LogP contribution in [-0.2, 0) is 32.0 Å². The van der Waals surface area contributed by atoms with Crippen molar-refractivity contribution in [1.82, 2.24) is 15.0 Å². The second kappa shape index (κ2) is 6.47. The Morgan fingerprint density at radius 3 is 2.47 bits per heavy atom. The number of aryl methyl sites for hydroxylation is 1. The average Bonchev–Trinajstić information content (AvgIpc) is 2.78. The first kappa shape index (κ1) is 14.6. The van der Waals surface area contributed by atoms with Crippen molar-refractivity contribution in [2.24, 2.45) is 5.73 Å². The van der Waals surface area contributed by atoms with Gasteiger partial charge in [0.25, 0.3) is 0 Å². The highest BCUT2D eigenvalue weighted by Crippen LogP contribution is 2.09. The molecule has 0 radical (unpaired) electrons. The fourth-order valence-corrected chi connectivity index (χ4v) is 1.37. The molecule has 0 aliphatic carbocycles. The average molecular weight is 270 g/mol. The summed E-state index contributed by atoms with van der Waals surface area (Å²) >= 11 is 0. The molecular formula is C10H14N4O5. The molecule has 9 nitrogen and oxygen atoms in total. The Hall–Kier alpha value is -2.45. The molecule has 1 aromatic rings. The smallest absolute Gasteiger partial charge is 0.360 e. The van der Waals surface area contributed by atoms with Crippen LogP contribution in [-0.4, -0.2) is 47.1 Å². The number of methoxy groups -OCH3 is 2. The molecule has 0 saturated heterocycles. The summed E-state index contributed by atoms with van der Waals surface area (Å²) in [5.41, 5.74) is 5.16. The minimum Gasteiger partial charge on any atom is -0.469 e. The number of aromatic nitrogens is 3. The molecule has 0 aliphatic rings. The summed E-state index contributed by atoms with van der Waals surface area (Å²) < 4.78 is 10.3. The maximum absolute atomic E-state index is 11.5. The van der Waals surface area contributed by atoms with E-state index in [1.807, 2.05) is 0 Å². The maximum Gasteiger partial charge on any atom is 0.360 e. The van der Waals surface area contributed by atoms with Crippen molar-refractivity contribution in [3.8, 4) is 0 Å². The zero-order valence-electron chi connectivity index (χ0n) is 10.6. The van der Waals surface area contributed by atoms with Crippen LogP contribution in [0.1, 0.15) is 22.6 Å². The number of carbonyl (C=O) groups excluding carboxylic acids is 3. The van der Waals surface area contributed by atoms with Crippen molar-refractivity contribution < 1.29 is 23.9 Å². The lowest BCUT2D eigenvalue weighted by atomic mass is 10.2. The lowest BCUT2D eigenvalue weighted by Crippen LogP contribution is -2.18. The van der Waals surface area contributed by atoms with Crippen molar-refractivity contribution in [3.63, 3.8) is 0 Å². The van der Waals surface area contributed by atoms with E-state index in [2.05, 4.69) is 19.8 Å². The number of amides is 1. The minimum atomic E-state index is -0.718. The highest BCUT2D eigenvalue weighted by molar-refractivity contribution is 5.89. The minimum absolute atomic E-state index is 0.0120. The first-order chi connectivity index (χ1) is 8.99. The fourth-order valence-electron chi connectivity index (χ4n) is 1.37. The van der Waals surface area contributed by atoms with Gasteiger partial charge in [0.1, 0.15) is 0 Å². The molecule has 2 N–H and O–H groups in total. The lowest BCUT2D eigenvalue weighted by molar-refractivity contribution is -0.139. The van der Waals surface area contributed by atoms with Crippen molar-refractivity contribution >= 4 is 17.8 Å². The van der Waals surface area contributed by atoms with Gasteiger partial charge in [-0.05, 0) is 0 Å². The Morgan fingerprint density at radius 1 is 1.26 bits per heavy atom. The number of hydrogen-bond acceptors (Lipinski definition) is 7. The number of nitrogens with zero attached hydrogens (tertiary/aromatic N) is 3. The number of carbonyl (C=O) groups is 3. The Balaban J connectivity index is 3.02. The SMILES string of the molecule is COC(=O)Cc1c(C(=O)OC)nnn1CCC(N)=O. The van der Waals surface area contributed by atoms with Gasteiger partial charge in [0.05, 0.1) is 32.9 Å². The van der Waals surface area contributed by atoms with Gasteiger partial charge in [-0.2, -0.15) is 0 Å². The van der Waals surface area contributed by atoms with Gasteiger partial charge in [-0.1, -0.05) is 5.21 Å². The van der Waals surface area contributed by atoms with Crippen LogP contribution in [0.4, 0.5) is 0 Å². The number of hydrogen-bond donors (Lipinski definition) is 1. The molecule has 0 atom stereocenters. The summed E-state index contributed by atoms with van der Waals surface area (Å²) in [6, 6.07) is 0. The largest absolute Gasteiger partial charge is 0.469 e. The normalized spacial score (nSPS) is 10.0. The van der Waals surface area contributed by atoms with Gasteiger partial charge in [-0.25, -0.2) is 9.48 Å². The van der Waals surface area contributed by atoms with Crippen LogP contribution < -0.4 is 5.73 Å². The Bertz CT molecular complexity index is 496. The summed E-state index contributed by atoms with van der Waals surface area (Å²) in [4.78, 5) is 33.5. The van der Waals surface area contributed by atoms with Crippen LogP contribution in [0.3, 0.4) is 0 Å². The molecule has 0 spiro atoms. The van der Waals surface area contributed by atoms with Crippen LogP contribution >= 0.6 is 0 Å². The molecule has 1 amide bonds. The molecule has 9 heteroatoms. The number of nitrogens with two attached hydrogens (primary N) is 1. The highest BCUT2D eigenvalue weighted by Gasteiger charge is 2.22. The first-order valence-electron chi connectivity index (χ1n) is 5.35. The first-order valence-corrected chi connectivity index (χ1v) is 5.35. The Labute approximate surface area is 108 Å². The number of ether oxygens (including phenoxy) is 2. The van der Waals surface area contributed by atoms with Gasteiger partial charge in [-0.3, -0.25) is 9.59 Å². The molecule has 0 saturated carbocycles. The van der Waals surface area contributed by atoms with Gasteiger partial charge in [0, 0.05) is 6.42 Å². The summed E-state index contributed by atoms with van der Waals surface area (Å²) in [5, 5.41) is 7.33. The Kier molecular flexibility index (Phi) is 4.98. The van der Waals surface area contributed by atoms with Gasteiger partial charge in [-0.15, -0.1) is 5.10 Å². The third-order valence-electron chi connectivity index (χ3n) is 2.33. The van der Waals surface area contributed by atoms with E-state index in [0.29, 0.717) is 0 Å². The van der Waals surface area contributed by atoms with E-state index >= 15 is 0 Å². The summed E-state index contributed by atoms with van der Waals surface area (Å²) in [7, 11) is 2.41. The molecule has 0 aliphatic heterocycles. The molecule has 0 fully saturated rings. The molecule has 19 heavy (non-hydrogen) atoms. The van der Waals surface area contributed by atoms with Gasteiger partial charge in [0.15, 0.2) is 5.69 Å². The predicted molar refractivity (Wildman–Crippen MR) is 60.9 cm³/mol. The molecule has 1 heterocycles. The topological polar surface area (TPSA) is 126 Å². The Morgan fingerprint density at radius 2 is 1.95 bits per heavy atom. The monoisotopic (exact) mass is 270 g/mol. The van der Waals surface area contributed by atoms with Crippen molar-refractivity contribution in [1.29, 1.82) is 0 Å². The van der Waals surface area contributed by atoms with Crippen molar-refractivity contribution in [2.45, 2.75) is 19.4 Å². The quantitative estimate of drug-likeness (QED) is 0.633. The van der Waals surface area contributed by atoms with E-state index in [1.54, 1.807) is 0 Å². The van der Waals surface area contributed by atoms with Crippen molar-refractivity contribution in [3.05, 3.63) is 11.4 Å². The third kappa shape index (κ3) is 3.76. The van der Waals surface area contributed by atoms with E-state index < -0.39 is 17.8 Å². The molecule has 0 aromatic carbocycles. The second-order valence-corrected chi connectivity index (χ2v) is 3.57. The van der Waals surface area contributed by atoms with Crippen molar-refractivity contribution in [2.75, 3.05) is 14.2 Å². The molecule has 1 aromatic heterocycles. The van der Waals surface area contributed by atoms with Crippen LogP contribution in [0.15, 0.2) is 0 Å². The van der Waals surface area contributed by atoms with E-state index in [-0.39, 0.29) is 30.8 Å². The van der Waals surface area contributed by atoms with Crippen LogP contribution in [0.2, 0.25) is 0 Å². The summed E-state index contributed by atoms with van der Waals surface area (Å²) in [6.45, 7) is 0.117. The molecular weight excluding hydrogens is 256 g/mol. The fraction of sp³-hybridized carbons (Fsp3) is 0.500. The predicted octanol–water partition coefficient (Wildman–Crippen LogP) is -1.34. The van der Waals surface area contributed by atoms with E-state index in [0.717, 1.165) is 0 Å². The second-order valence-electron chi connectivity index (χ2n) is 3.57. The maximum atomic E-state index is 11.5. The molecule has 0 unspecified atom stereocenters. The van der Waals surface area contributed by atoms with Gasteiger partial charge in [0.2, 0.25) is 5.91 Å². The molecule has 0 bridgehead atoms. The number of rotatable bonds is 6. The lowest BCUT2D eigenvalue weighted by Gasteiger charge is -2.05. The van der Waals surface area contributed by atoms with E-state index in [9.17, 15) is 14.4 Å². The summed E-state index contributed by atoms with van der Waals surface area (Å²) in [5.74, 6) is -1.81. The molecule has 104 valence electrons. The standard InChI is InChI=1S/C10H14N4O5/c1-18-8(16)5-6-9(10(17)19-2)12-13-14(6)4-3-7(11)15/h3-5H2,1-2H3,(H2,11,15). The van der Waals surface area contributed by atoms with Crippen LogP contribution in [0.25, 0.3) is 0 Å².